The summed E-state index contributed by atoms with van der Waals surface area (Å²) < 4.78 is 2.69. The number of hydrogen-bond acceptors (Lipinski definition) is 2. The average Bonchev–Trinajstić information content (AvgIpc) is 3.73. The molecule has 0 spiro atoms. The molecule has 0 saturated heterocycles. The fourth-order valence-corrected chi connectivity index (χ4v) is 10.3. The highest BCUT2D eigenvalue weighted by atomic mass is 32.1. The molecule has 0 N–H and O–H groups in total. The van der Waals surface area contributed by atoms with Crippen molar-refractivity contribution >= 4 is 70.1 Å². The minimum Gasteiger partial charge on any atom is -0.310 e. The van der Waals surface area contributed by atoms with Crippen molar-refractivity contribution in [1.82, 2.24) is 0 Å². The highest BCUT2D eigenvalue weighted by Gasteiger charge is 2.35. The number of rotatable bonds is 5. The fraction of sp³-hybridized carbons (Fsp3) is 0.0566. The normalized spacial score (nSPS) is 13.1. The number of benzene rings is 9. The summed E-state index contributed by atoms with van der Waals surface area (Å²) in [7, 11) is 0. The van der Waals surface area contributed by atoms with E-state index in [1.807, 2.05) is 11.3 Å². The summed E-state index contributed by atoms with van der Waals surface area (Å²) in [5.41, 5.74) is 13.7. The molecule has 260 valence electrons. The zero-order valence-electron chi connectivity index (χ0n) is 30.8. The van der Waals surface area contributed by atoms with E-state index in [2.05, 4.69) is 207 Å². The van der Waals surface area contributed by atoms with Gasteiger partial charge in [-0.05, 0) is 115 Å². The van der Waals surface area contributed by atoms with Crippen LogP contribution in [0.5, 0.6) is 0 Å². The standard InChI is InChI=1S/C53H37NS/c1-53(2)49-17-9-7-14-43(49)47-32-41(29-30-50(47)53)54(39-25-21-35(22-26-39)38-20-19-34-11-3-4-12-37(34)31-38)40-27-23-36(24-28-40)46-33-48-44-15-8-10-18-51(44)55-52(48)45-16-6-5-13-42(45)46/h3-33H,1-2H3. The monoisotopic (exact) mass is 719 g/mol. The Balaban J connectivity index is 1.05. The smallest absolute Gasteiger partial charge is 0.0468 e. The molecule has 0 atom stereocenters. The fourth-order valence-electron chi connectivity index (χ4n) is 9.04. The summed E-state index contributed by atoms with van der Waals surface area (Å²) in [6.45, 7) is 4.69. The number of nitrogens with zero attached hydrogens (tertiary/aromatic N) is 1. The van der Waals surface area contributed by atoms with Crippen molar-refractivity contribution in [3.8, 4) is 33.4 Å². The maximum absolute atomic E-state index is 2.41. The van der Waals surface area contributed by atoms with Crippen molar-refractivity contribution in [3.63, 3.8) is 0 Å². The second-order valence-corrected chi connectivity index (χ2v) is 16.4. The first-order valence-corrected chi connectivity index (χ1v) is 19.9. The third kappa shape index (κ3) is 5.06. The molecule has 0 unspecified atom stereocenters. The number of thiophene rings is 1. The minimum absolute atomic E-state index is 0.0455. The molecule has 11 rings (SSSR count). The topological polar surface area (TPSA) is 3.24 Å². The molecule has 0 aliphatic heterocycles. The highest BCUT2D eigenvalue weighted by molar-refractivity contribution is 7.26. The van der Waals surface area contributed by atoms with E-state index < -0.39 is 0 Å². The van der Waals surface area contributed by atoms with Gasteiger partial charge < -0.3 is 4.90 Å². The molecule has 2 heteroatoms. The van der Waals surface area contributed by atoms with Gasteiger partial charge in [0, 0.05) is 48.0 Å². The second kappa shape index (κ2) is 12.3. The zero-order chi connectivity index (χ0) is 36.7. The first kappa shape index (κ1) is 32.0. The van der Waals surface area contributed by atoms with Gasteiger partial charge in [0.05, 0.1) is 0 Å². The molecule has 55 heavy (non-hydrogen) atoms. The van der Waals surface area contributed by atoms with Crippen molar-refractivity contribution in [2.75, 3.05) is 4.90 Å². The Labute approximate surface area is 325 Å². The molecular weight excluding hydrogens is 683 g/mol. The Morgan fingerprint density at radius 1 is 0.382 bits per heavy atom. The SMILES string of the molecule is CC1(C)c2ccccc2-c2cc(N(c3ccc(-c4ccc5ccccc5c4)cc3)c3ccc(-c4cc5c6ccccc6sc5c5ccccc45)cc3)ccc21. The maximum Gasteiger partial charge on any atom is 0.0468 e. The van der Waals surface area contributed by atoms with Crippen molar-refractivity contribution in [3.05, 3.63) is 199 Å². The maximum atomic E-state index is 2.41. The quantitative estimate of drug-likeness (QED) is 0.171. The van der Waals surface area contributed by atoms with Crippen LogP contribution in [-0.2, 0) is 5.41 Å². The third-order valence-electron chi connectivity index (χ3n) is 11.9. The van der Waals surface area contributed by atoms with Crippen LogP contribution in [0.3, 0.4) is 0 Å². The van der Waals surface area contributed by atoms with Crippen LogP contribution in [0, 0.1) is 0 Å². The summed E-state index contributed by atoms with van der Waals surface area (Å²) in [5.74, 6) is 0. The van der Waals surface area contributed by atoms with E-state index in [1.54, 1.807) is 0 Å². The Hall–Kier alpha value is -6.48. The van der Waals surface area contributed by atoms with Crippen LogP contribution in [0.4, 0.5) is 17.1 Å². The highest BCUT2D eigenvalue weighted by Crippen LogP contribution is 2.51. The molecule has 1 aliphatic carbocycles. The summed E-state index contributed by atoms with van der Waals surface area (Å²) in [4.78, 5) is 2.41. The second-order valence-electron chi connectivity index (χ2n) is 15.3. The molecule has 0 radical (unpaired) electrons. The zero-order valence-corrected chi connectivity index (χ0v) is 31.6. The van der Waals surface area contributed by atoms with Crippen molar-refractivity contribution in [2.24, 2.45) is 0 Å². The molecule has 10 aromatic rings. The molecule has 0 amide bonds. The summed E-state index contributed by atoms with van der Waals surface area (Å²) in [6.07, 6.45) is 0. The van der Waals surface area contributed by atoms with Crippen LogP contribution in [-0.4, -0.2) is 0 Å². The third-order valence-corrected chi connectivity index (χ3v) is 13.1. The predicted octanol–water partition coefficient (Wildman–Crippen LogP) is 15.5. The molecule has 0 fully saturated rings. The van der Waals surface area contributed by atoms with Crippen LogP contribution in [0.2, 0.25) is 0 Å². The molecule has 1 aliphatic rings. The van der Waals surface area contributed by atoms with Gasteiger partial charge in [-0.1, -0.05) is 147 Å². The van der Waals surface area contributed by atoms with Gasteiger partial charge in [-0.15, -0.1) is 11.3 Å². The molecule has 1 aromatic heterocycles. The first-order valence-electron chi connectivity index (χ1n) is 19.1. The average molecular weight is 720 g/mol. The van der Waals surface area contributed by atoms with E-state index >= 15 is 0 Å². The summed E-state index contributed by atoms with van der Waals surface area (Å²) in [6, 6.07) is 69.6. The van der Waals surface area contributed by atoms with Gasteiger partial charge in [-0.3, -0.25) is 0 Å². The van der Waals surface area contributed by atoms with E-state index in [-0.39, 0.29) is 5.41 Å². The van der Waals surface area contributed by atoms with Crippen LogP contribution >= 0.6 is 11.3 Å². The molecule has 9 aromatic carbocycles. The van der Waals surface area contributed by atoms with Crippen LogP contribution < -0.4 is 4.90 Å². The molecule has 1 nitrogen and oxygen atoms in total. The molecular formula is C53H37NS. The van der Waals surface area contributed by atoms with Crippen LogP contribution in [0.1, 0.15) is 25.0 Å². The lowest BCUT2D eigenvalue weighted by atomic mass is 9.82. The van der Waals surface area contributed by atoms with E-state index in [0.29, 0.717) is 0 Å². The number of hydrogen-bond donors (Lipinski definition) is 0. The first-order chi connectivity index (χ1) is 27.0. The van der Waals surface area contributed by atoms with Crippen molar-refractivity contribution in [2.45, 2.75) is 19.3 Å². The van der Waals surface area contributed by atoms with Gasteiger partial charge in [-0.2, -0.15) is 0 Å². The van der Waals surface area contributed by atoms with Gasteiger partial charge in [-0.25, -0.2) is 0 Å². The number of anilines is 3. The predicted molar refractivity (Wildman–Crippen MR) is 237 cm³/mol. The minimum atomic E-state index is -0.0455. The lowest BCUT2D eigenvalue weighted by Crippen LogP contribution is -2.15. The largest absolute Gasteiger partial charge is 0.310 e. The Kier molecular flexibility index (Phi) is 7.14. The van der Waals surface area contributed by atoms with E-state index in [0.717, 1.165) is 17.1 Å². The summed E-state index contributed by atoms with van der Waals surface area (Å²) in [5, 5.41) is 7.77. The summed E-state index contributed by atoms with van der Waals surface area (Å²) >= 11 is 1.89. The Bertz CT molecular complexity index is 3110. The molecule has 1 heterocycles. The van der Waals surface area contributed by atoms with Crippen LogP contribution in [0.25, 0.3) is 75.1 Å². The molecule has 0 saturated carbocycles. The number of fused-ring (bicyclic) bond motifs is 9. The van der Waals surface area contributed by atoms with Crippen molar-refractivity contribution in [1.29, 1.82) is 0 Å². The van der Waals surface area contributed by atoms with Gasteiger partial charge in [0.25, 0.3) is 0 Å². The Morgan fingerprint density at radius 2 is 0.982 bits per heavy atom. The Morgan fingerprint density at radius 3 is 1.78 bits per heavy atom. The van der Waals surface area contributed by atoms with Gasteiger partial charge in [0.15, 0.2) is 0 Å². The molecule has 0 bridgehead atoms. The lowest BCUT2D eigenvalue weighted by molar-refractivity contribution is 0.660. The van der Waals surface area contributed by atoms with Gasteiger partial charge in [0.1, 0.15) is 0 Å². The van der Waals surface area contributed by atoms with Gasteiger partial charge >= 0.3 is 0 Å². The van der Waals surface area contributed by atoms with Crippen LogP contribution in [0.15, 0.2) is 188 Å². The van der Waals surface area contributed by atoms with E-state index in [9.17, 15) is 0 Å². The lowest BCUT2D eigenvalue weighted by Gasteiger charge is -2.27. The van der Waals surface area contributed by atoms with E-state index in [4.69, 9.17) is 0 Å². The van der Waals surface area contributed by atoms with Crippen molar-refractivity contribution < 1.29 is 0 Å². The van der Waals surface area contributed by atoms with Gasteiger partial charge in [0.2, 0.25) is 0 Å². The van der Waals surface area contributed by atoms with E-state index in [1.165, 1.54) is 86.2 Å².